The molecule has 5 aromatic rings. The van der Waals surface area contributed by atoms with Crippen LogP contribution in [0.2, 0.25) is 0 Å². The van der Waals surface area contributed by atoms with Crippen molar-refractivity contribution in [3.8, 4) is 11.5 Å². The second kappa shape index (κ2) is 10.1. The Hall–Kier alpha value is -4.78. The highest BCUT2D eigenvalue weighted by atomic mass is 16.2. The Kier molecular flexibility index (Phi) is 6.42. The maximum Gasteiger partial charge on any atom is 0.322 e. The largest absolute Gasteiger partial charge is 0.378 e. The van der Waals surface area contributed by atoms with Crippen molar-refractivity contribution in [3.63, 3.8) is 0 Å². The normalized spacial score (nSPS) is 14.3. The van der Waals surface area contributed by atoms with Gasteiger partial charge in [-0.3, -0.25) is 0 Å². The number of aryl methyl sites for hydroxylation is 2. The van der Waals surface area contributed by atoms with Crippen molar-refractivity contribution in [2.75, 3.05) is 24.3 Å². The van der Waals surface area contributed by atoms with Crippen molar-refractivity contribution in [2.24, 2.45) is 0 Å². The number of carbonyl (C=O) groups excluding carboxylic acids is 1. The summed E-state index contributed by atoms with van der Waals surface area (Å²) in [7, 11) is 4.06. The van der Waals surface area contributed by atoms with Crippen LogP contribution in [0.4, 0.5) is 16.2 Å². The summed E-state index contributed by atoms with van der Waals surface area (Å²) in [6.45, 7) is 6.54. The quantitative estimate of drug-likeness (QED) is 0.278. The van der Waals surface area contributed by atoms with E-state index in [1.807, 2.05) is 73.9 Å². The fourth-order valence-electron chi connectivity index (χ4n) is 5.53. The van der Waals surface area contributed by atoms with Crippen LogP contribution in [0.15, 0.2) is 91.1 Å². The van der Waals surface area contributed by atoms with Crippen LogP contribution in [-0.4, -0.2) is 39.4 Å². The molecule has 1 unspecified atom stereocenters. The number of amides is 2. The highest BCUT2D eigenvalue weighted by Gasteiger charge is 2.36. The van der Waals surface area contributed by atoms with Gasteiger partial charge in [-0.25, -0.2) is 9.48 Å². The fraction of sp³-hybridized carbons (Fsp3) is 0.212. The van der Waals surface area contributed by atoms with Gasteiger partial charge in [0.05, 0.1) is 29.7 Å². The number of hydrogen-bond acceptors (Lipinski definition) is 3. The van der Waals surface area contributed by atoms with Gasteiger partial charge in [0.15, 0.2) is 0 Å². The molecule has 3 heterocycles. The van der Waals surface area contributed by atoms with Crippen molar-refractivity contribution < 1.29 is 4.79 Å². The zero-order valence-corrected chi connectivity index (χ0v) is 23.6. The molecule has 2 aromatic heterocycles. The summed E-state index contributed by atoms with van der Waals surface area (Å²) < 4.78 is 4.19. The predicted molar refractivity (Wildman–Crippen MR) is 161 cm³/mol. The number of nitrogens with one attached hydrogen (secondary N) is 1. The number of urea groups is 1. The van der Waals surface area contributed by atoms with Gasteiger partial charge in [-0.2, -0.15) is 5.10 Å². The Morgan fingerprint density at radius 1 is 0.900 bits per heavy atom. The summed E-state index contributed by atoms with van der Waals surface area (Å²) in [5.41, 5.74) is 9.08. The molecule has 40 heavy (non-hydrogen) atoms. The third-order valence-electron chi connectivity index (χ3n) is 7.92. The molecule has 0 saturated heterocycles. The molecule has 0 spiro atoms. The van der Waals surface area contributed by atoms with Crippen LogP contribution in [0.25, 0.3) is 11.5 Å². The Balaban J connectivity index is 1.53. The summed E-state index contributed by atoms with van der Waals surface area (Å²) in [6.07, 6.45) is 2.07. The first-order chi connectivity index (χ1) is 19.3. The van der Waals surface area contributed by atoms with Gasteiger partial charge in [-0.05, 0) is 79.9 Å². The van der Waals surface area contributed by atoms with Crippen LogP contribution in [0, 0.1) is 20.8 Å². The highest BCUT2D eigenvalue weighted by Crippen LogP contribution is 2.39. The molecule has 7 nitrogen and oxygen atoms in total. The first kappa shape index (κ1) is 25.5. The topological polar surface area (TPSA) is 58.3 Å². The van der Waals surface area contributed by atoms with Gasteiger partial charge in [-0.1, -0.05) is 42.5 Å². The van der Waals surface area contributed by atoms with Crippen LogP contribution >= 0.6 is 0 Å². The summed E-state index contributed by atoms with van der Waals surface area (Å²) in [5, 5.41) is 8.18. The molecule has 6 rings (SSSR count). The number of nitrogens with zero attached hydrogens (tertiary/aromatic N) is 5. The minimum atomic E-state index is -0.313. The van der Waals surface area contributed by atoms with Crippen LogP contribution in [0.1, 0.15) is 39.7 Å². The first-order valence-corrected chi connectivity index (χ1v) is 13.6. The molecule has 1 aliphatic heterocycles. The van der Waals surface area contributed by atoms with Gasteiger partial charge in [0.25, 0.3) is 0 Å². The lowest BCUT2D eigenvalue weighted by atomic mass is 10.0. The lowest BCUT2D eigenvalue weighted by Gasteiger charge is -2.31. The molecule has 0 aliphatic carbocycles. The monoisotopic (exact) mass is 530 g/mol. The highest BCUT2D eigenvalue weighted by molar-refractivity contribution is 5.91. The van der Waals surface area contributed by atoms with Crippen LogP contribution in [0.3, 0.4) is 0 Å². The van der Waals surface area contributed by atoms with E-state index in [1.165, 1.54) is 0 Å². The maximum absolute atomic E-state index is 14.2. The minimum absolute atomic E-state index is 0.150. The smallest absolute Gasteiger partial charge is 0.322 e. The molecular weight excluding hydrogens is 496 g/mol. The molecule has 0 fully saturated rings. The van der Waals surface area contributed by atoms with Crippen molar-refractivity contribution in [1.82, 2.24) is 19.2 Å². The van der Waals surface area contributed by atoms with Crippen LogP contribution in [-0.2, 0) is 6.54 Å². The second-order valence-electron chi connectivity index (χ2n) is 10.6. The third-order valence-corrected chi connectivity index (χ3v) is 7.92. The molecule has 0 saturated carbocycles. The number of fused-ring (bicyclic) bond motifs is 3. The Morgan fingerprint density at radius 3 is 2.38 bits per heavy atom. The van der Waals surface area contributed by atoms with E-state index < -0.39 is 0 Å². The maximum atomic E-state index is 14.2. The first-order valence-electron chi connectivity index (χ1n) is 13.6. The van der Waals surface area contributed by atoms with Gasteiger partial charge in [-0.15, -0.1) is 0 Å². The molecule has 0 bridgehead atoms. The number of para-hydroxylation sites is 1. The SMILES string of the molecule is Cc1cccc(NC(=O)N2Cc3c(C)nn(-c4ccccc4)c3-n3cccc3C2c2ccc(N(C)C)cc2)c1C. The van der Waals surface area contributed by atoms with Crippen molar-refractivity contribution in [2.45, 2.75) is 33.4 Å². The Morgan fingerprint density at radius 2 is 1.65 bits per heavy atom. The molecule has 3 aromatic carbocycles. The number of carbonyl (C=O) groups is 1. The number of hydrogen-bond donors (Lipinski definition) is 1. The van der Waals surface area contributed by atoms with E-state index in [1.54, 1.807) is 0 Å². The fourth-order valence-corrected chi connectivity index (χ4v) is 5.53. The van der Waals surface area contributed by atoms with Crippen LogP contribution < -0.4 is 10.2 Å². The molecule has 2 amide bonds. The Labute approximate surface area is 235 Å². The second-order valence-corrected chi connectivity index (χ2v) is 10.6. The van der Waals surface area contributed by atoms with E-state index in [-0.39, 0.29) is 12.1 Å². The summed E-state index contributed by atoms with van der Waals surface area (Å²) >= 11 is 0. The minimum Gasteiger partial charge on any atom is -0.378 e. The van der Waals surface area contributed by atoms with Gasteiger partial charge in [0.1, 0.15) is 5.82 Å². The molecule has 202 valence electrons. The molecule has 1 atom stereocenters. The van der Waals surface area contributed by atoms with Crippen LogP contribution in [0.5, 0.6) is 0 Å². The van der Waals surface area contributed by atoms with Gasteiger partial charge < -0.3 is 19.7 Å². The standard InChI is InChI=1S/C33H34N6O/c1-22-11-9-14-29(23(22)2)34-33(40)38-21-28-24(3)35-39(27-12-7-6-8-13-27)32(28)37-20-10-15-30(37)31(38)25-16-18-26(19-17-25)36(4)5/h6-20,31H,21H2,1-5H3,(H,34,40). The van der Waals surface area contributed by atoms with Crippen molar-refractivity contribution in [1.29, 1.82) is 0 Å². The number of anilines is 2. The number of aromatic nitrogens is 3. The molecule has 1 aliphatic rings. The lowest BCUT2D eigenvalue weighted by Crippen LogP contribution is -2.38. The van der Waals surface area contributed by atoms with E-state index in [4.69, 9.17) is 5.10 Å². The van der Waals surface area contributed by atoms with E-state index in [9.17, 15) is 4.79 Å². The number of rotatable bonds is 4. The van der Waals surface area contributed by atoms with E-state index in [2.05, 4.69) is 76.4 Å². The van der Waals surface area contributed by atoms with Gasteiger partial charge >= 0.3 is 6.03 Å². The summed E-state index contributed by atoms with van der Waals surface area (Å²) in [4.78, 5) is 18.3. The predicted octanol–water partition coefficient (Wildman–Crippen LogP) is 6.79. The molecule has 1 N–H and O–H groups in total. The molecule has 0 radical (unpaired) electrons. The summed E-state index contributed by atoms with van der Waals surface area (Å²) in [6, 6.07) is 28.3. The summed E-state index contributed by atoms with van der Waals surface area (Å²) in [5.74, 6) is 0.959. The number of benzene rings is 3. The zero-order chi connectivity index (χ0) is 28.0. The van der Waals surface area contributed by atoms with E-state index in [0.29, 0.717) is 6.54 Å². The Bertz CT molecular complexity index is 1680. The lowest BCUT2D eigenvalue weighted by molar-refractivity contribution is 0.194. The van der Waals surface area contributed by atoms with E-state index >= 15 is 0 Å². The molecule has 7 heteroatoms. The third kappa shape index (κ3) is 4.33. The van der Waals surface area contributed by atoms with Crippen molar-refractivity contribution in [3.05, 3.63) is 125 Å². The average Bonchev–Trinajstić information content (AvgIpc) is 3.52. The van der Waals surface area contributed by atoms with E-state index in [0.717, 1.165) is 56.5 Å². The zero-order valence-electron chi connectivity index (χ0n) is 23.6. The van der Waals surface area contributed by atoms with Crippen molar-refractivity contribution >= 4 is 17.4 Å². The molecular formula is C33H34N6O. The van der Waals surface area contributed by atoms with Gasteiger partial charge in [0, 0.05) is 37.2 Å². The average molecular weight is 531 g/mol. The van der Waals surface area contributed by atoms with Gasteiger partial charge in [0.2, 0.25) is 0 Å².